The second-order valence-electron chi connectivity index (χ2n) is 5.08. The number of furan rings is 1. The van der Waals surface area contributed by atoms with Crippen molar-refractivity contribution in [3.8, 4) is 0 Å². The van der Waals surface area contributed by atoms with Crippen molar-refractivity contribution >= 4 is 27.6 Å². The Kier molecular flexibility index (Phi) is 4.84. The van der Waals surface area contributed by atoms with E-state index in [4.69, 9.17) is 16.0 Å². The number of carboxylic acids is 1. The van der Waals surface area contributed by atoms with Gasteiger partial charge in [-0.15, -0.1) is 0 Å². The predicted octanol–water partition coefficient (Wildman–Crippen LogP) is 3.07. The number of benzene rings is 1. The van der Waals surface area contributed by atoms with Crippen LogP contribution in [0, 0.1) is 13.8 Å². The van der Waals surface area contributed by atoms with Gasteiger partial charge in [-0.2, -0.15) is 4.31 Å². The fourth-order valence-electron chi connectivity index (χ4n) is 2.33. The van der Waals surface area contributed by atoms with Crippen LogP contribution in [-0.4, -0.2) is 30.8 Å². The summed E-state index contributed by atoms with van der Waals surface area (Å²) in [4.78, 5) is 11.1. The van der Waals surface area contributed by atoms with E-state index in [9.17, 15) is 18.3 Å². The molecule has 2 aromatic rings. The lowest BCUT2D eigenvalue weighted by atomic mass is 10.2. The average molecular weight is 358 g/mol. The summed E-state index contributed by atoms with van der Waals surface area (Å²) in [5, 5.41) is 9.71. The highest BCUT2D eigenvalue weighted by atomic mass is 35.5. The Morgan fingerprint density at radius 1 is 1.26 bits per heavy atom. The number of rotatable bonds is 5. The maximum absolute atomic E-state index is 12.8. The lowest BCUT2D eigenvalue weighted by Crippen LogP contribution is -2.28. The molecule has 0 unspecified atom stereocenters. The topological polar surface area (TPSA) is 87.8 Å². The molecule has 1 N–H and O–H groups in total. The van der Waals surface area contributed by atoms with Crippen molar-refractivity contribution in [3.05, 3.63) is 51.9 Å². The van der Waals surface area contributed by atoms with Crippen LogP contribution in [0.3, 0.4) is 0 Å². The monoisotopic (exact) mass is 357 g/mol. The summed E-state index contributed by atoms with van der Waals surface area (Å²) in [5.74, 6) is -1.24. The molecule has 0 fully saturated rings. The van der Waals surface area contributed by atoms with Gasteiger partial charge >= 0.3 is 5.97 Å². The molecule has 0 aliphatic heterocycles. The van der Waals surface area contributed by atoms with Crippen molar-refractivity contribution in [1.29, 1.82) is 0 Å². The maximum Gasteiger partial charge on any atom is 0.340 e. The first-order chi connectivity index (χ1) is 10.7. The van der Waals surface area contributed by atoms with Gasteiger partial charge in [0.25, 0.3) is 0 Å². The molecule has 1 aromatic carbocycles. The molecule has 0 radical (unpaired) electrons. The lowest BCUT2D eigenvalue weighted by Gasteiger charge is -2.18. The third kappa shape index (κ3) is 3.26. The first-order valence-electron chi connectivity index (χ1n) is 6.69. The summed E-state index contributed by atoms with van der Waals surface area (Å²) in [6.45, 7) is 2.87. The third-order valence-corrected chi connectivity index (χ3v) is 5.76. The van der Waals surface area contributed by atoms with Crippen molar-refractivity contribution in [2.45, 2.75) is 25.3 Å². The van der Waals surface area contributed by atoms with Gasteiger partial charge in [-0.1, -0.05) is 29.8 Å². The van der Waals surface area contributed by atoms with Gasteiger partial charge in [0.2, 0.25) is 10.0 Å². The molecule has 23 heavy (non-hydrogen) atoms. The van der Waals surface area contributed by atoms with Crippen LogP contribution in [0.2, 0.25) is 5.02 Å². The largest absolute Gasteiger partial charge is 0.478 e. The molecule has 0 bridgehead atoms. The van der Waals surface area contributed by atoms with E-state index in [-0.39, 0.29) is 28.5 Å². The molecule has 0 aliphatic rings. The van der Waals surface area contributed by atoms with Crippen molar-refractivity contribution in [2.24, 2.45) is 0 Å². The maximum atomic E-state index is 12.8. The number of halogens is 1. The van der Waals surface area contributed by atoms with E-state index in [1.54, 1.807) is 24.3 Å². The summed E-state index contributed by atoms with van der Waals surface area (Å²) < 4.78 is 31.8. The summed E-state index contributed by atoms with van der Waals surface area (Å²) in [5.41, 5.74) is 0.281. The van der Waals surface area contributed by atoms with Gasteiger partial charge in [0.1, 0.15) is 22.0 Å². The molecule has 0 atom stereocenters. The third-order valence-electron chi connectivity index (χ3n) is 3.44. The molecule has 8 heteroatoms. The highest BCUT2D eigenvalue weighted by Gasteiger charge is 2.33. The minimum Gasteiger partial charge on any atom is -0.478 e. The minimum atomic E-state index is -4.04. The van der Waals surface area contributed by atoms with E-state index in [0.29, 0.717) is 10.6 Å². The highest BCUT2D eigenvalue weighted by Crippen LogP contribution is 2.30. The Labute approximate surface area is 139 Å². The summed E-state index contributed by atoms with van der Waals surface area (Å²) in [7, 11) is -2.67. The number of aromatic carboxylic acids is 1. The van der Waals surface area contributed by atoms with Gasteiger partial charge in [0.05, 0.1) is 0 Å². The zero-order chi connectivity index (χ0) is 17.4. The van der Waals surface area contributed by atoms with Crippen LogP contribution in [0.1, 0.15) is 27.4 Å². The molecule has 2 rings (SSSR count). The molecule has 124 valence electrons. The fraction of sp³-hybridized carbons (Fsp3) is 0.267. The lowest BCUT2D eigenvalue weighted by molar-refractivity contribution is 0.0691. The van der Waals surface area contributed by atoms with Gasteiger partial charge in [0, 0.05) is 18.6 Å². The van der Waals surface area contributed by atoms with E-state index in [0.717, 1.165) is 4.31 Å². The smallest absolute Gasteiger partial charge is 0.340 e. The predicted molar refractivity (Wildman–Crippen MR) is 85.2 cm³/mol. The molecule has 6 nitrogen and oxygen atoms in total. The summed E-state index contributed by atoms with van der Waals surface area (Å²) >= 11 is 6.05. The molecule has 0 spiro atoms. The number of carboxylic acid groups (broad SMARTS) is 1. The van der Waals surface area contributed by atoms with Crippen LogP contribution < -0.4 is 0 Å². The first kappa shape index (κ1) is 17.5. The van der Waals surface area contributed by atoms with Gasteiger partial charge in [0.15, 0.2) is 0 Å². The number of sulfonamides is 1. The molecular weight excluding hydrogens is 342 g/mol. The number of hydrogen-bond acceptors (Lipinski definition) is 4. The van der Waals surface area contributed by atoms with Crippen LogP contribution in [-0.2, 0) is 16.6 Å². The standard InChI is InChI=1S/C15H16ClNO5S/c1-9-13(15(18)19)14(10(2)22-9)23(20,21)17(3)8-11-6-4-5-7-12(11)16/h4-7H,8H2,1-3H3,(H,18,19). The Balaban J connectivity index is 2.47. The Morgan fingerprint density at radius 3 is 2.43 bits per heavy atom. The molecule has 1 heterocycles. The van der Waals surface area contributed by atoms with Gasteiger partial charge in [-0.3, -0.25) is 0 Å². The van der Waals surface area contributed by atoms with E-state index in [1.165, 1.54) is 20.9 Å². The second kappa shape index (κ2) is 6.35. The average Bonchev–Trinajstić information content (AvgIpc) is 2.76. The number of hydrogen-bond donors (Lipinski definition) is 1. The van der Waals surface area contributed by atoms with Crippen molar-refractivity contribution in [2.75, 3.05) is 7.05 Å². The number of aryl methyl sites for hydroxylation is 2. The van der Waals surface area contributed by atoms with Gasteiger partial charge in [-0.05, 0) is 25.5 Å². The van der Waals surface area contributed by atoms with E-state index >= 15 is 0 Å². The normalized spacial score (nSPS) is 11.9. The zero-order valence-electron chi connectivity index (χ0n) is 12.8. The van der Waals surface area contributed by atoms with Crippen LogP contribution in [0.4, 0.5) is 0 Å². The Bertz CT molecular complexity index is 857. The molecule has 0 saturated carbocycles. The quantitative estimate of drug-likeness (QED) is 0.888. The minimum absolute atomic E-state index is 0.0186. The molecule has 0 saturated heterocycles. The highest BCUT2D eigenvalue weighted by molar-refractivity contribution is 7.89. The van der Waals surface area contributed by atoms with E-state index in [1.807, 2.05) is 0 Å². The molecule has 0 aliphatic carbocycles. The zero-order valence-corrected chi connectivity index (χ0v) is 14.4. The van der Waals surface area contributed by atoms with Crippen LogP contribution in [0.25, 0.3) is 0 Å². The Hall–Kier alpha value is -1.83. The van der Waals surface area contributed by atoms with Gasteiger partial charge < -0.3 is 9.52 Å². The Morgan fingerprint density at radius 2 is 1.87 bits per heavy atom. The van der Waals surface area contributed by atoms with E-state index < -0.39 is 16.0 Å². The van der Waals surface area contributed by atoms with Crippen LogP contribution in [0.15, 0.2) is 33.6 Å². The number of nitrogens with zero attached hydrogens (tertiary/aromatic N) is 1. The van der Waals surface area contributed by atoms with E-state index in [2.05, 4.69) is 0 Å². The SMILES string of the molecule is Cc1oc(C)c(S(=O)(=O)N(C)Cc2ccccc2Cl)c1C(=O)O. The fourth-order valence-corrected chi connectivity index (χ4v) is 4.04. The van der Waals surface area contributed by atoms with Crippen LogP contribution >= 0.6 is 11.6 Å². The summed E-state index contributed by atoms with van der Waals surface area (Å²) in [6.07, 6.45) is 0. The van der Waals surface area contributed by atoms with Crippen molar-refractivity contribution in [3.63, 3.8) is 0 Å². The second-order valence-corrected chi connectivity index (χ2v) is 7.47. The summed E-state index contributed by atoms with van der Waals surface area (Å²) in [6, 6.07) is 6.86. The van der Waals surface area contributed by atoms with Crippen molar-refractivity contribution in [1.82, 2.24) is 4.31 Å². The molecule has 0 amide bonds. The number of carbonyl (C=O) groups is 1. The van der Waals surface area contributed by atoms with Gasteiger partial charge in [-0.25, -0.2) is 13.2 Å². The first-order valence-corrected chi connectivity index (χ1v) is 8.51. The van der Waals surface area contributed by atoms with Crippen molar-refractivity contribution < 1.29 is 22.7 Å². The molecular formula is C15H16ClNO5S. The molecule has 1 aromatic heterocycles. The van der Waals surface area contributed by atoms with Crippen LogP contribution in [0.5, 0.6) is 0 Å².